The van der Waals surface area contributed by atoms with E-state index in [2.05, 4.69) is 5.32 Å². The lowest BCUT2D eigenvalue weighted by Crippen LogP contribution is -2.30. The first kappa shape index (κ1) is 16.3. The molecule has 0 aliphatic carbocycles. The molecule has 0 spiro atoms. The maximum atomic E-state index is 12.2. The minimum absolute atomic E-state index is 0.141. The number of ether oxygens (including phenoxy) is 2. The number of benzene rings is 2. The molecular formula is C16H16N2O5. The number of nitrogens with zero attached hydrogens (tertiary/aromatic N) is 1. The van der Waals surface area contributed by atoms with E-state index in [9.17, 15) is 14.9 Å². The molecule has 1 N–H and O–H groups in total. The van der Waals surface area contributed by atoms with Crippen LogP contribution in [-0.4, -0.2) is 24.0 Å². The van der Waals surface area contributed by atoms with Crippen molar-refractivity contribution >= 4 is 17.3 Å². The topological polar surface area (TPSA) is 90.7 Å². The predicted molar refractivity (Wildman–Crippen MR) is 84.8 cm³/mol. The van der Waals surface area contributed by atoms with Crippen molar-refractivity contribution < 1.29 is 19.2 Å². The molecule has 2 aromatic carbocycles. The lowest BCUT2D eigenvalue weighted by atomic mass is 10.2. The Hall–Kier alpha value is -3.09. The van der Waals surface area contributed by atoms with E-state index in [1.165, 1.54) is 25.3 Å². The van der Waals surface area contributed by atoms with Gasteiger partial charge in [0, 0.05) is 12.1 Å². The van der Waals surface area contributed by atoms with Gasteiger partial charge in [-0.2, -0.15) is 0 Å². The van der Waals surface area contributed by atoms with E-state index in [1.807, 2.05) is 6.07 Å². The van der Waals surface area contributed by atoms with Crippen LogP contribution in [-0.2, 0) is 4.79 Å². The highest BCUT2D eigenvalue weighted by molar-refractivity contribution is 5.95. The fourth-order valence-corrected chi connectivity index (χ4v) is 1.90. The highest BCUT2D eigenvalue weighted by Crippen LogP contribution is 2.29. The summed E-state index contributed by atoms with van der Waals surface area (Å²) in [5.41, 5.74) is 0.0768. The van der Waals surface area contributed by atoms with Gasteiger partial charge in [0.1, 0.15) is 11.5 Å². The number of rotatable bonds is 6. The first-order chi connectivity index (χ1) is 11.0. The van der Waals surface area contributed by atoms with Crippen molar-refractivity contribution in [3.05, 3.63) is 58.6 Å². The monoisotopic (exact) mass is 316 g/mol. The average molecular weight is 316 g/mol. The second-order valence-electron chi connectivity index (χ2n) is 4.70. The van der Waals surface area contributed by atoms with Gasteiger partial charge in [-0.1, -0.05) is 18.2 Å². The molecule has 0 heterocycles. The summed E-state index contributed by atoms with van der Waals surface area (Å²) in [5, 5.41) is 13.4. The van der Waals surface area contributed by atoms with Crippen LogP contribution in [0.25, 0.3) is 0 Å². The second kappa shape index (κ2) is 7.26. The molecule has 2 aromatic rings. The molecule has 120 valence electrons. The highest BCUT2D eigenvalue weighted by Gasteiger charge is 2.18. The number of nitro groups is 1. The maximum Gasteiger partial charge on any atom is 0.271 e. The fourth-order valence-electron chi connectivity index (χ4n) is 1.90. The van der Waals surface area contributed by atoms with Crippen LogP contribution < -0.4 is 14.8 Å². The van der Waals surface area contributed by atoms with Crippen molar-refractivity contribution in [1.82, 2.24) is 0 Å². The quantitative estimate of drug-likeness (QED) is 0.653. The lowest BCUT2D eigenvalue weighted by molar-refractivity contribution is -0.384. The van der Waals surface area contributed by atoms with Gasteiger partial charge in [0.05, 0.1) is 17.7 Å². The molecule has 0 aromatic heterocycles. The molecule has 0 fully saturated rings. The standard InChI is InChI=1S/C16H16N2O5/c1-11(23-13-6-4-3-5-7-13)16(19)17-14-10-12(18(20)21)8-9-15(14)22-2/h3-11H,1-2H3,(H,17,19)/t11-/m1/s1. The van der Waals surface area contributed by atoms with Crippen LogP contribution >= 0.6 is 0 Å². The number of amides is 1. The van der Waals surface area contributed by atoms with Crippen molar-refractivity contribution in [2.24, 2.45) is 0 Å². The summed E-state index contributed by atoms with van der Waals surface area (Å²) in [6.45, 7) is 1.59. The van der Waals surface area contributed by atoms with Crippen LogP contribution in [0.1, 0.15) is 6.92 Å². The number of hydrogen-bond donors (Lipinski definition) is 1. The largest absolute Gasteiger partial charge is 0.495 e. The van der Waals surface area contributed by atoms with E-state index in [0.717, 1.165) is 0 Å². The highest BCUT2D eigenvalue weighted by atomic mass is 16.6. The van der Waals surface area contributed by atoms with Crippen LogP contribution in [0.4, 0.5) is 11.4 Å². The molecule has 7 nitrogen and oxygen atoms in total. The Balaban J connectivity index is 2.12. The van der Waals surface area contributed by atoms with Crippen LogP contribution in [0, 0.1) is 10.1 Å². The number of hydrogen-bond acceptors (Lipinski definition) is 5. The Kier molecular flexibility index (Phi) is 5.14. The summed E-state index contributed by atoms with van der Waals surface area (Å²) < 4.78 is 10.6. The molecule has 0 saturated carbocycles. The number of nitrogens with one attached hydrogen (secondary N) is 1. The van der Waals surface area contributed by atoms with Crippen LogP contribution in [0.5, 0.6) is 11.5 Å². The molecule has 0 saturated heterocycles. The Morgan fingerprint density at radius 3 is 2.52 bits per heavy atom. The van der Waals surface area contributed by atoms with Crippen LogP contribution in [0.15, 0.2) is 48.5 Å². The van der Waals surface area contributed by atoms with E-state index < -0.39 is 16.9 Å². The molecule has 23 heavy (non-hydrogen) atoms. The van der Waals surface area contributed by atoms with Gasteiger partial charge in [0.15, 0.2) is 6.10 Å². The van der Waals surface area contributed by atoms with Gasteiger partial charge >= 0.3 is 0 Å². The molecule has 0 aliphatic heterocycles. The zero-order chi connectivity index (χ0) is 16.8. The van der Waals surface area contributed by atoms with Gasteiger partial charge in [-0.05, 0) is 25.1 Å². The summed E-state index contributed by atoms with van der Waals surface area (Å²) >= 11 is 0. The summed E-state index contributed by atoms with van der Waals surface area (Å²) in [4.78, 5) is 22.5. The zero-order valence-corrected chi connectivity index (χ0v) is 12.7. The van der Waals surface area contributed by atoms with Gasteiger partial charge in [-0.25, -0.2) is 0 Å². The van der Waals surface area contributed by atoms with Crippen molar-refractivity contribution in [3.8, 4) is 11.5 Å². The van der Waals surface area contributed by atoms with Gasteiger partial charge in [-0.15, -0.1) is 0 Å². The minimum Gasteiger partial charge on any atom is -0.495 e. The molecule has 1 amide bonds. The van der Waals surface area contributed by atoms with E-state index in [1.54, 1.807) is 31.2 Å². The number of nitro benzene ring substituents is 1. The second-order valence-corrected chi connectivity index (χ2v) is 4.70. The molecule has 2 rings (SSSR count). The van der Waals surface area contributed by atoms with Crippen molar-refractivity contribution in [1.29, 1.82) is 0 Å². The SMILES string of the molecule is COc1ccc([N+](=O)[O-])cc1NC(=O)[C@@H](C)Oc1ccccc1. The minimum atomic E-state index is -0.777. The number of para-hydroxylation sites is 1. The summed E-state index contributed by atoms with van der Waals surface area (Å²) in [6, 6.07) is 12.9. The van der Waals surface area contributed by atoms with Crippen molar-refractivity contribution in [3.63, 3.8) is 0 Å². The average Bonchev–Trinajstić information content (AvgIpc) is 2.55. The van der Waals surface area contributed by atoms with Gasteiger partial charge in [-0.3, -0.25) is 14.9 Å². The zero-order valence-electron chi connectivity index (χ0n) is 12.7. The molecule has 1 atom stereocenters. The molecule has 0 radical (unpaired) electrons. The number of anilines is 1. The van der Waals surface area contributed by atoms with E-state index in [4.69, 9.17) is 9.47 Å². The third kappa shape index (κ3) is 4.19. The Morgan fingerprint density at radius 2 is 1.91 bits per heavy atom. The third-order valence-corrected chi connectivity index (χ3v) is 3.08. The first-order valence-electron chi connectivity index (χ1n) is 6.86. The van der Waals surface area contributed by atoms with E-state index >= 15 is 0 Å². The van der Waals surface area contributed by atoms with Gasteiger partial charge < -0.3 is 14.8 Å². The molecule has 0 aliphatic rings. The Labute approximate surface area is 133 Å². The summed E-state index contributed by atoms with van der Waals surface area (Å²) in [7, 11) is 1.42. The van der Waals surface area contributed by atoms with E-state index in [0.29, 0.717) is 11.5 Å². The lowest BCUT2D eigenvalue weighted by Gasteiger charge is -2.16. The van der Waals surface area contributed by atoms with Gasteiger partial charge in [0.25, 0.3) is 11.6 Å². The predicted octanol–water partition coefficient (Wildman–Crippen LogP) is 3.01. The molecule has 0 unspecified atom stereocenters. The Morgan fingerprint density at radius 1 is 1.22 bits per heavy atom. The van der Waals surface area contributed by atoms with Crippen molar-refractivity contribution in [2.45, 2.75) is 13.0 Å². The van der Waals surface area contributed by atoms with Crippen LogP contribution in [0.3, 0.4) is 0 Å². The van der Waals surface area contributed by atoms with Crippen LogP contribution in [0.2, 0.25) is 0 Å². The van der Waals surface area contributed by atoms with Crippen molar-refractivity contribution in [2.75, 3.05) is 12.4 Å². The molecular weight excluding hydrogens is 300 g/mol. The number of carbonyl (C=O) groups excluding carboxylic acids is 1. The van der Waals surface area contributed by atoms with Gasteiger partial charge in [0.2, 0.25) is 0 Å². The number of methoxy groups -OCH3 is 1. The third-order valence-electron chi connectivity index (χ3n) is 3.08. The first-order valence-corrected chi connectivity index (χ1v) is 6.86. The maximum absolute atomic E-state index is 12.2. The smallest absolute Gasteiger partial charge is 0.271 e. The summed E-state index contributed by atoms with van der Waals surface area (Å²) in [6.07, 6.45) is -0.777. The molecule has 0 bridgehead atoms. The van der Waals surface area contributed by atoms with E-state index in [-0.39, 0.29) is 11.4 Å². The Bertz CT molecular complexity index is 703. The number of non-ortho nitro benzene ring substituents is 1. The number of carbonyl (C=O) groups is 1. The normalized spacial score (nSPS) is 11.4. The summed E-state index contributed by atoms with van der Waals surface area (Å²) in [5.74, 6) is 0.449. The fraction of sp³-hybridized carbons (Fsp3) is 0.188. The molecule has 7 heteroatoms.